The SMILES string of the molecule is O=S(=O)(O)C1(S(=O)(=O)O)C=CC(c2cccc(O)c2O)=CC1. The summed E-state index contributed by atoms with van der Waals surface area (Å²) in [5.74, 6) is -0.877. The number of phenolic OH excluding ortho intramolecular Hbond substituents is 2. The standard InChI is InChI=1S/C12H12O8S2/c13-10-3-1-2-9(11(10)14)8-4-6-12(7-5-8,21(15,16)17)22(18,19)20/h1-6,13-14H,7H2,(H,15,16,17)(H,18,19,20). The number of allylic oxidation sites excluding steroid dienone is 3. The van der Waals surface area contributed by atoms with Gasteiger partial charge < -0.3 is 10.2 Å². The summed E-state index contributed by atoms with van der Waals surface area (Å²) < 4.78 is 60.9. The molecule has 0 heterocycles. The van der Waals surface area contributed by atoms with Gasteiger partial charge in [0.1, 0.15) is 0 Å². The van der Waals surface area contributed by atoms with Gasteiger partial charge in [0.2, 0.25) is 4.08 Å². The summed E-state index contributed by atoms with van der Waals surface area (Å²) >= 11 is 0. The molecule has 0 radical (unpaired) electrons. The average molecular weight is 348 g/mol. The van der Waals surface area contributed by atoms with Gasteiger partial charge in [0.05, 0.1) is 0 Å². The topological polar surface area (TPSA) is 149 Å². The van der Waals surface area contributed by atoms with Gasteiger partial charge in [-0.25, -0.2) is 0 Å². The number of rotatable bonds is 3. The third-order valence-electron chi connectivity index (χ3n) is 3.32. The lowest BCUT2D eigenvalue weighted by atomic mass is 9.98. The van der Waals surface area contributed by atoms with Crippen LogP contribution >= 0.6 is 0 Å². The fraction of sp³-hybridized carbons (Fsp3) is 0.167. The van der Waals surface area contributed by atoms with Gasteiger partial charge in [-0.1, -0.05) is 24.3 Å². The molecule has 0 aliphatic heterocycles. The molecule has 1 aliphatic carbocycles. The van der Waals surface area contributed by atoms with E-state index in [9.17, 15) is 27.0 Å². The Hall–Kier alpha value is -1.88. The highest BCUT2D eigenvalue weighted by molar-refractivity contribution is 8.05. The fourth-order valence-corrected chi connectivity index (χ4v) is 4.22. The zero-order valence-electron chi connectivity index (χ0n) is 10.9. The highest BCUT2D eigenvalue weighted by Gasteiger charge is 2.52. The van der Waals surface area contributed by atoms with Crippen molar-refractivity contribution in [2.24, 2.45) is 0 Å². The molecule has 0 fully saturated rings. The average Bonchev–Trinajstić information content (AvgIpc) is 2.39. The Labute approximate surface area is 126 Å². The maximum Gasteiger partial charge on any atom is 0.291 e. The van der Waals surface area contributed by atoms with Crippen LogP contribution in [-0.4, -0.2) is 40.2 Å². The summed E-state index contributed by atoms with van der Waals surface area (Å²) in [6.45, 7) is 0. The van der Waals surface area contributed by atoms with E-state index >= 15 is 0 Å². The minimum Gasteiger partial charge on any atom is -0.504 e. The van der Waals surface area contributed by atoms with Crippen LogP contribution in [0.5, 0.6) is 11.5 Å². The summed E-state index contributed by atoms with van der Waals surface area (Å²) in [5, 5.41) is 19.2. The molecule has 22 heavy (non-hydrogen) atoms. The van der Waals surface area contributed by atoms with Crippen LogP contribution in [0.15, 0.2) is 36.4 Å². The predicted molar refractivity (Wildman–Crippen MR) is 77.3 cm³/mol. The number of hydrogen-bond donors (Lipinski definition) is 4. The zero-order chi connectivity index (χ0) is 16.8. The summed E-state index contributed by atoms with van der Waals surface area (Å²) in [7, 11) is -10.3. The van der Waals surface area contributed by atoms with Gasteiger partial charge in [0.15, 0.2) is 11.5 Å². The van der Waals surface area contributed by atoms with Crippen molar-refractivity contribution in [3.05, 3.63) is 42.0 Å². The number of hydrogen-bond acceptors (Lipinski definition) is 6. The molecule has 2 rings (SSSR count). The van der Waals surface area contributed by atoms with Crippen LogP contribution in [0, 0.1) is 0 Å². The predicted octanol–water partition coefficient (Wildman–Crippen LogP) is 0.913. The van der Waals surface area contributed by atoms with Crippen LogP contribution in [0.3, 0.4) is 0 Å². The minimum atomic E-state index is -5.15. The second kappa shape index (κ2) is 5.09. The Morgan fingerprint density at radius 1 is 1.00 bits per heavy atom. The van der Waals surface area contributed by atoms with Gasteiger partial charge in [-0.15, -0.1) is 0 Å². The van der Waals surface area contributed by atoms with Crippen LogP contribution in [0.2, 0.25) is 0 Å². The van der Waals surface area contributed by atoms with Crippen LogP contribution in [0.1, 0.15) is 12.0 Å². The number of para-hydroxylation sites is 1. The molecule has 0 saturated carbocycles. The molecule has 0 spiro atoms. The summed E-state index contributed by atoms with van der Waals surface area (Å²) in [6.07, 6.45) is 1.98. The van der Waals surface area contributed by atoms with Crippen LogP contribution < -0.4 is 0 Å². The lowest BCUT2D eigenvalue weighted by Crippen LogP contribution is -2.44. The lowest BCUT2D eigenvalue weighted by molar-refractivity contribution is 0.402. The molecule has 8 nitrogen and oxygen atoms in total. The number of aromatic hydroxyl groups is 2. The monoisotopic (exact) mass is 348 g/mol. The minimum absolute atomic E-state index is 0.135. The Kier molecular flexibility index (Phi) is 3.81. The highest BCUT2D eigenvalue weighted by Crippen LogP contribution is 2.39. The first-order chi connectivity index (χ1) is 9.99. The van der Waals surface area contributed by atoms with E-state index in [1.807, 2.05) is 0 Å². The second-order valence-corrected chi connectivity index (χ2v) is 8.25. The molecular formula is C12H12O8S2. The molecular weight excluding hydrogens is 336 g/mol. The molecule has 1 aromatic rings. The van der Waals surface area contributed by atoms with Crippen molar-refractivity contribution in [3.8, 4) is 11.5 Å². The molecule has 1 aliphatic rings. The normalized spacial score (nSPS) is 18.0. The first kappa shape index (κ1) is 16.5. The molecule has 1 aromatic carbocycles. The third-order valence-corrected chi connectivity index (χ3v) is 6.94. The number of phenols is 2. The van der Waals surface area contributed by atoms with Crippen molar-refractivity contribution < 1.29 is 36.2 Å². The maximum atomic E-state index is 11.4. The van der Waals surface area contributed by atoms with Crippen LogP contribution in [0.25, 0.3) is 5.57 Å². The molecule has 0 bridgehead atoms. The van der Waals surface area contributed by atoms with E-state index in [2.05, 4.69) is 0 Å². The molecule has 4 N–H and O–H groups in total. The van der Waals surface area contributed by atoms with Gasteiger partial charge >= 0.3 is 0 Å². The van der Waals surface area contributed by atoms with E-state index in [0.29, 0.717) is 6.08 Å². The molecule has 0 aromatic heterocycles. The van der Waals surface area contributed by atoms with Gasteiger partial charge in [-0.05, 0) is 17.7 Å². The molecule has 0 atom stereocenters. The fourth-order valence-electron chi connectivity index (χ4n) is 2.08. The van der Waals surface area contributed by atoms with E-state index in [0.717, 1.165) is 12.2 Å². The van der Waals surface area contributed by atoms with E-state index < -0.39 is 42.2 Å². The van der Waals surface area contributed by atoms with Crippen molar-refractivity contribution in [1.29, 1.82) is 0 Å². The molecule has 0 amide bonds. The van der Waals surface area contributed by atoms with Crippen LogP contribution in [0.4, 0.5) is 0 Å². The molecule has 120 valence electrons. The van der Waals surface area contributed by atoms with Crippen LogP contribution in [-0.2, 0) is 20.2 Å². The smallest absolute Gasteiger partial charge is 0.291 e. The summed E-state index contributed by atoms with van der Waals surface area (Å²) in [5.41, 5.74) is 0.354. The van der Waals surface area contributed by atoms with Gasteiger partial charge in [-0.3, -0.25) is 9.11 Å². The Morgan fingerprint density at radius 2 is 1.59 bits per heavy atom. The lowest BCUT2D eigenvalue weighted by Gasteiger charge is -2.25. The molecule has 10 heteroatoms. The Bertz CT molecular complexity index is 846. The number of benzene rings is 1. The van der Waals surface area contributed by atoms with E-state index in [1.54, 1.807) is 0 Å². The zero-order valence-corrected chi connectivity index (χ0v) is 12.5. The van der Waals surface area contributed by atoms with E-state index in [1.165, 1.54) is 18.2 Å². The van der Waals surface area contributed by atoms with Gasteiger partial charge in [0.25, 0.3) is 20.2 Å². The first-order valence-electron chi connectivity index (χ1n) is 5.84. The first-order valence-corrected chi connectivity index (χ1v) is 8.72. The molecule has 0 saturated heterocycles. The third kappa shape index (κ3) is 2.50. The van der Waals surface area contributed by atoms with Gasteiger partial charge in [-0.2, -0.15) is 16.8 Å². The van der Waals surface area contributed by atoms with Crippen molar-refractivity contribution in [3.63, 3.8) is 0 Å². The Morgan fingerprint density at radius 3 is 2.05 bits per heavy atom. The molecule has 0 unspecified atom stereocenters. The van der Waals surface area contributed by atoms with E-state index in [-0.39, 0.29) is 11.1 Å². The summed E-state index contributed by atoms with van der Waals surface area (Å²) in [4.78, 5) is 0. The second-order valence-electron chi connectivity index (χ2n) is 4.63. The quantitative estimate of drug-likeness (QED) is 0.465. The summed E-state index contributed by atoms with van der Waals surface area (Å²) in [6, 6.07) is 4.07. The maximum absolute atomic E-state index is 11.4. The van der Waals surface area contributed by atoms with Crippen molar-refractivity contribution in [2.45, 2.75) is 10.5 Å². The van der Waals surface area contributed by atoms with Gasteiger partial charge in [0, 0.05) is 12.0 Å². The van der Waals surface area contributed by atoms with Crippen molar-refractivity contribution >= 4 is 25.8 Å². The van der Waals surface area contributed by atoms with Crippen molar-refractivity contribution in [1.82, 2.24) is 0 Å². The largest absolute Gasteiger partial charge is 0.504 e. The Balaban J connectivity index is 2.54. The van der Waals surface area contributed by atoms with Crippen molar-refractivity contribution in [2.75, 3.05) is 0 Å². The highest BCUT2D eigenvalue weighted by atomic mass is 32.3. The van der Waals surface area contributed by atoms with E-state index in [4.69, 9.17) is 9.11 Å².